The zero-order valence-electron chi connectivity index (χ0n) is 15.3. The van der Waals surface area contributed by atoms with Gasteiger partial charge < -0.3 is 9.84 Å². The largest absolute Gasteiger partial charge is 0.498 e. The summed E-state index contributed by atoms with van der Waals surface area (Å²) in [6.07, 6.45) is 8.20. The smallest absolute Gasteiger partial charge is 0.335 e. The number of ether oxygens (including phenoxy) is 1. The van der Waals surface area contributed by atoms with Crippen molar-refractivity contribution in [1.82, 2.24) is 10.2 Å². The van der Waals surface area contributed by atoms with Crippen LogP contribution in [0, 0.1) is 5.92 Å². The fourth-order valence-electron chi connectivity index (χ4n) is 3.23. The average molecular weight is 365 g/mol. The molecule has 1 aromatic carbocycles. The fourth-order valence-corrected chi connectivity index (χ4v) is 3.23. The molecule has 2 N–H and O–H groups in total. The number of carboxylic acids is 1. The summed E-state index contributed by atoms with van der Waals surface area (Å²) in [5.74, 6) is 0.282. The van der Waals surface area contributed by atoms with Gasteiger partial charge in [0.2, 0.25) is 0 Å². The number of fused-ring (bicyclic) bond motifs is 1. The zero-order valence-corrected chi connectivity index (χ0v) is 15.3. The third-order valence-electron chi connectivity index (χ3n) is 4.75. The van der Waals surface area contributed by atoms with E-state index in [4.69, 9.17) is 9.84 Å². The van der Waals surface area contributed by atoms with Crippen molar-refractivity contribution >= 4 is 18.4 Å². The van der Waals surface area contributed by atoms with Crippen molar-refractivity contribution in [2.24, 2.45) is 10.9 Å². The molecule has 1 unspecified atom stereocenters. The van der Waals surface area contributed by atoms with Crippen LogP contribution in [0.2, 0.25) is 0 Å². The average Bonchev–Trinajstić information content (AvgIpc) is 3.20. The van der Waals surface area contributed by atoms with Gasteiger partial charge in [0.25, 0.3) is 0 Å². The van der Waals surface area contributed by atoms with E-state index < -0.39 is 5.97 Å². The quantitative estimate of drug-likeness (QED) is 0.443. The SMILES string of the molecule is C=N/C(=C\C=C(/C)OCC1CCc2ccc(C(=O)O)cc2C1)c1ccn[nH]1. The highest BCUT2D eigenvalue weighted by molar-refractivity contribution is 5.87. The Kier molecular flexibility index (Phi) is 5.86. The lowest BCUT2D eigenvalue weighted by molar-refractivity contribution is 0.0696. The third kappa shape index (κ3) is 4.73. The van der Waals surface area contributed by atoms with Crippen molar-refractivity contribution in [3.8, 4) is 0 Å². The van der Waals surface area contributed by atoms with E-state index in [9.17, 15) is 4.79 Å². The summed E-state index contributed by atoms with van der Waals surface area (Å²) >= 11 is 0. The van der Waals surface area contributed by atoms with Crippen molar-refractivity contribution in [3.05, 3.63) is 70.8 Å². The molecule has 0 saturated carbocycles. The van der Waals surface area contributed by atoms with Crippen LogP contribution in [0.3, 0.4) is 0 Å². The normalized spacial score (nSPS) is 17.3. The molecule has 140 valence electrons. The Hall–Kier alpha value is -3.15. The van der Waals surface area contributed by atoms with Gasteiger partial charge in [-0.1, -0.05) is 6.07 Å². The van der Waals surface area contributed by atoms with Gasteiger partial charge in [0.05, 0.1) is 29.3 Å². The summed E-state index contributed by atoms with van der Waals surface area (Å²) in [6, 6.07) is 7.24. The minimum Gasteiger partial charge on any atom is -0.498 e. The van der Waals surface area contributed by atoms with Crippen LogP contribution >= 0.6 is 0 Å². The van der Waals surface area contributed by atoms with Crippen LogP contribution in [0.5, 0.6) is 0 Å². The maximum Gasteiger partial charge on any atom is 0.335 e. The summed E-state index contributed by atoms with van der Waals surface area (Å²) < 4.78 is 5.90. The number of benzene rings is 1. The summed E-state index contributed by atoms with van der Waals surface area (Å²) in [5, 5.41) is 15.9. The van der Waals surface area contributed by atoms with E-state index in [0.29, 0.717) is 23.8 Å². The second-order valence-corrected chi connectivity index (χ2v) is 6.67. The third-order valence-corrected chi connectivity index (χ3v) is 4.75. The van der Waals surface area contributed by atoms with Crippen LogP contribution in [0.1, 0.15) is 40.5 Å². The summed E-state index contributed by atoms with van der Waals surface area (Å²) in [5.41, 5.74) is 4.21. The molecule has 1 heterocycles. The van der Waals surface area contributed by atoms with Gasteiger partial charge in [-0.3, -0.25) is 10.1 Å². The van der Waals surface area contributed by atoms with Crippen molar-refractivity contribution in [2.75, 3.05) is 6.61 Å². The van der Waals surface area contributed by atoms with E-state index in [2.05, 4.69) is 21.9 Å². The molecule has 2 aromatic rings. The molecule has 6 heteroatoms. The molecular weight excluding hydrogens is 342 g/mol. The minimum absolute atomic E-state index is 0.347. The van der Waals surface area contributed by atoms with Crippen LogP contribution in [-0.4, -0.2) is 34.6 Å². The summed E-state index contributed by atoms with van der Waals surface area (Å²) in [6.45, 7) is 6.09. The molecule has 27 heavy (non-hydrogen) atoms. The molecule has 1 aromatic heterocycles. The second kappa shape index (κ2) is 8.49. The van der Waals surface area contributed by atoms with Crippen molar-refractivity contribution in [1.29, 1.82) is 0 Å². The number of allylic oxidation sites excluding steroid dienone is 3. The van der Waals surface area contributed by atoms with Crippen LogP contribution in [0.25, 0.3) is 5.70 Å². The van der Waals surface area contributed by atoms with E-state index in [1.165, 1.54) is 5.56 Å². The van der Waals surface area contributed by atoms with Crippen LogP contribution < -0.4 is 0 Å². The van der Waals surface area contributed by atoms with Gasteiger partial charge in [0.1, 0.15) is 0 Å². The van der Waals surface area contributed by atoms with Gasteiger partial charge in [0, 0.05) is 6.20 Å². The first-order chi connectivity index (χ1) is 13.1. The lowest BCUT2D eigenvalue weighted by atomic mass is 9.83. The maximum absolute atomic E-state index is 11.2. The molecule has 0 amide bonds. The number of aliphatic imine (C=N–C) groups is 1. The Morgan fingerprint density at radius 3 is 2.96 bits per heavy atom. The highest BCUT2D eigenvalue weighted by Crippen LogP contribution is 2.27. The molecule has 1 aliphatic carbocycles. The molecule has 0 aliphatic heterocycles. The number of aromatic amines is 1. The number of H-pyrrole nitrogens is 1. The minimum atomic E-state index is -0.884. The number of rotatable bonds is 7. The number of hydrogen-bond acceptors (Lipinski definition) is 4. The highest BCUT2D eigenvalue weighted by atomic mass is 16.5. The van der Waals surface area contributed by atoms with Gasteiger partial charge >= 0.3 is 5.97 Å². The number of nitrogens with one attached hydrogen (secondary N) is 1. The zero-order chi connectivity index (χ0) is 19.2. The van der Waals surface area contributed by atoms with Crippen LogP contribution in [-0.2, 0) is 17.6 Å². The topological polar surface area (TPSA) is 87.6 Å². The van der Waals surface area contributed by atoms with Crippen LogP contribution in [0.4, 0.5) is 0 Å². The summed E-state index contributed by atoms with van der Waals surface area (Å²) in [7, 11) is 0. The molecule has 1 atom stereocenters. The molecule has 0 radical (unpaired) electrons. The monoisotopic (exact) mass is 365 g/mol. The number of nitrogens with zero attached hydrogens (tertiary/aromatic N) is 2. The number of aromatic nitrogens is 2. The lowest BCUT2D eigenvalue weighted by Gasteiger charge is -2.25. The van der Waals surface area contributed by atoms with Crippen molar-refractivity contribution in [3.63, 3.8) is 0 Å². The van der Waals surface area contributed by atoms with Crippen molar-refractivity contribution in [2.45, 2.75) is 26.2 Å². The lowest BCUT2D eigenvalue weighted by Crippen LogP contribution is -2.19. The number of aromatic carboxylic acids is 1. The predicted molar refractivity (Wildman–Crippen MR) is 105 cm³/mol. The van der Waals surface area contributed by atoms with Gasteiger partial charge in [0.15, 0.2) is 0 Å². The molecule has 0 fully saturated rings. The number of carbonyl (C=O) groups is 1. The first-order valence-electron chi connectivity index (χ1n) is 8.89. The van der Waals surface area contributed by atoms with E-state index >= 15 is 0 Å². The van der Waals surface area contributed by atoms with E-state index in [1.54, 1.807) is 18.3 Å². The maximum atomic E-state index is 11.2. The van der Waals surface area contributed by atoms with E-state index in [-0.39, 0.29) is 0 Å². The van der Waals surface area contributed by atoms with Gasteiger partial charge in [-0.2, -0.15) is 5.10 Å². The molecule has 3 rings (SSSR count). The van der Waals surface area contributed by atoms with Gasteiger partial charge in [-0.25, -0.2) is 4.79 Å². The standard InChI is InChI=1S/C21H23N3O3/c1-14(3-8-19(22-2)20-9-10-23-24-20)27-13-15-4-5-16-6-7-17(21(25)26)12-18(16)11-15/h3,6-10,12,15H,2,4-5,11,13H2,1H3,(H,23,24)(H,25,26)/b14-3+,19-8-. The number of aryl methyl sites for hydroxylation is 1. The molecule has 6 nitrogen and oxygen atoms in total. The Bertz CT molecular complexity index is 882. The second-order valence-electron chi connectivity index (χ2n) is 6.67. The molecule has 1 aliphatic rings. The highest BCUT2D eigenvalue weighted by Gasteiger charge is 2.20. The molecule has 0 bridgehead atoms. The summed E-state index contributed by atoms with van der Waals surface area (Å²) in [4.78, 5) is 15.2. The van der Waals surface area contributed by atoms with Gasteiger partial charge in [-0.05, 0) is 80.3 Å². The van der Waals surface area contributed by atoms with Gasteiger partial charge in [-0.15, -0.1) is 0 Å². The predicted octanol–water partition coefficient (Wildman–Crippen LogP) is 3.87. The number of hydrogen-bond donors (Lipinski definition) is 2. The molecule has 0 spiro atoms. The number of carboxylic acid groups (broad SMARTS) is 1. The Morgan fingerprint density at radius 2 is 2.26 bits per heavy atom. The van der Waals surface area contributed by atoms with Crippen molar-refractivity contribution < 1.29 is 14.6 Å². The molecule has 0 saturated heterocycles. The Balaban J connectivity index is 1.59. The fraction of sp³-hybridized carbons (Fsp3) is 0.286. The van der Waals surface area contributed by atoms with E-state index in [1.807, 2.05) is 31.2 Å². The Labute approximate surface area is 158 Å². The van der Waals surface area contributed by atoms with Crippen LogP contribution in [0.15, 0.2) is 53.4 Å². The van der Waals surface area contributed by atoms with E-state index in [0.717, 1.165) is 36.3 Å². The Morgan fingerprint density at radius 1 is 1.41 bits per heavy atom. The molecular formula is C21H23N3O3. The first-order valence-corrected chi connectivity index (χ1v) is 8.89. The first kappa shape index (κ1) is 18.6.